The molecule has 0 saturated heterocycles. The fourth-order valence-corrected chi connectivity index (χ4v) is 2.16. The van der Waals surface area contributed by atoms with E-state index in [4.69, 9.17) is 27.8 Å². The van der Waals surface area contributed by atoms with Crippen LogP contribution in [-0.4, -0.2) is 23.0 Å². The number of benzene rings is 2. The summed E-state index contributed by atoms with van der Waals surface area (Å²) in [7, 11) is 1.59. The second-order valence-electron chi connectivity index (χ2n) is 4.86. The third kappa shape index (κ3) is 6.93. The number of aromatic nitrogens is 1. The maximum atomic E-state index is 11.9. The zero-order valence-corrected chi connectivity index (χ0v) is 17.1. The topological polar surface area (TPSA) is 135 Å². The molecular formula is C17H17ClF3N3O3Sc-2. The molecule has 2 aromatic carbocycles. The van der Waals surface area contributed by atoms with Gasteiger partial charge in [-0.15, -0.1) is 6.07 Å². The molecule has 0 saturated carbocycles. The second kappa shape index (κ2) is 11.8. The summed E-state index contributed by atoms with van der Waals surface area (Å²) in [6.07, 6.45) is -2.71. The van der Waals surface area contributed by atoms with E-state index in [2.05, 4.69) is 11.1 Å². The van der Waals surface area contributed by atoms with Crippen molar-refractivity contribution in [2.24, 2.45) is 0 Å². The summed E-state index contributed by atoms with van der Waals surface area (Å²) in [6.45, 7) is 0. The number of halogens is 4. The predicted molar refractivity (Wildman–Crippen MR) is 99.2 cm³/mol. The van der Waals surface area contributed by atoms with Gasteiger partial charge < -0.3 is 27.2 Å². The van der Waals surface area contributed by atoms with E-state index in [1.165, 1.54) is 0 Å². The van der Waals surface area contributed by atoms with Gasteiger partial charge in [-0.05, 0) is 18.2 Å². The largest absolute Gasteiger partial charge is 0.696 e. The second-order valence-corrected chi connectivity index (χ2v) is 5.27. The van der Waals surface area contributed by atoms with E-state index in [9.17, 15) is 13.2 Å². The zero-order chi connectivity index (χ0) is 18.6. The molecule has 0 amide bonds. The van der Waals surface area contributed by atoms with Gasteiger partial charge in [-0.25, -0.2) is 0 Å². The van der Waals surface area contributed by atoms with Crippen LogP contribution in [0.15, 0.2) is 42.6 Å². The van der Waals surface area contributed by atoms with Gasteiger partial charge in [0.1, 0.15) is 5.75 Å². The number of alkyl halides is 3. The SMILES string of the molecule is COc1ccnc2c([NH-])c(Cl)ccc12.Nc1[c-]ccc(C(F)(F)F)c1.O.O.[Sc]. The van der Waals surface area contributed by atoms with Crippen LogP contribution in [0.3, 0.4) is 0 Å². The third-order valence-corrected chi connectivity index (χ3v) is 3.51. The summed E-state index contributed by atoms with van der Waals surface area (Å²) in [5.74, 6) is 0.708. The minimum atomic E-state index is -4.32. The molecule has 0 unspecified atom stereocenters. The van der Waals surface area contributed by atoms with Crippen LogP contribution in [0.5, 0.6) is 5.75 Å². The number of nitrogens with two attached hydrogens (primary N) is 1. The summed E-state index contributed by atoms with van der Waals surface area (Å²) in [4.78, 5) is 4.10. The van der Waals surface area contributed by atoms with Crippen molar-refractivity contribution >= 4 is 33.9 Å². The first-order valence-electron chi connectivity index (χ1n) is 6.91. The van der Waals surface area contributed by atoms with Gasteiger partial charge in [0.05, 0.1) is 12.6 Å². The van der Waals surface area contributed by atoms with Crippen LogP contribution in [-0.2, 0) is 32.0 Å². The molecule has 28 heavy (non-hydrogen) atoms. The number of ether oxygens (including phenoxy) is 1. The number of hydrogen-bond donors (Lipinski definition) is 1. The molecule has 1 heterocycles. The fraction of sp³-hybridized carbons (Fsp3) is 0.118. The van der Waals surface area contributed by atoms with Gasteiger partial charge in [0.25, 0.3) is 0 Å². The Labute approximate surface area is 183 Å². The van der Waals surface area contributed by atoms with Crippen molar-refractivity contribution in [3.63, 3.8) is 0 Å². The molecule has 3 rings (SSSR count). The van der Waals surface area contributed by atoms with E-state index in [-0.39, 0.29) is 48.2 Å². The number of methoxy groups -OCH3 is 1. The van der Waals surface area contributed by atoms with E-state index in [0.29, 0.717) is 16.3 Å². The Morgan fingerprint density at radius 1 is 1.18 bits per heavy atom. The number of nitrogens with zero attached hydrogens (tertiary/aromatic N) is 1. The van der Waals surface area contributed by atoms with Crippen molar-refractivity contribution in [3.8, 4) is 5.75 Å². The van der Waals surface area contributed by atoms with E-state index in [1.54, 1.807) is 25.4 Å². The summed E-state index contributed by atoms with van der Waals surface area (Å²) in [6, 6.07) is 10.6. The molecule has 0 aliphatic rings. The maximum Gasteiger partial charge on any atom is 0.394 e. The first kappa shape index (κ1) is 28.3. The molecule has 0 bridgehead atoms. The molecule has 3 aromatic rings. The number of pyridine rings is 1. The molecule has 0 aliphatic carbocycles. The quantitative estimate of drug-likeness (QED) is 0.445. The molecule has 0 atom stereocenters. The molecule has 1 aromatic heterocycles. The predicted octanol–water partition coefficient (Wildman–Crippen LogP) is 4.02. The molecule has 0 spiro atoms. The van der Waals surface area contributed by atoms with Gasteiger partial charge in [-0.1, -0.05) is 28.5 Å². The Hall–Kier alpha value is -1.88. The first-order chi connectivity index (χ1) is 11.7. The number of anilines is 1. The number of fused-ring (bicyclic) bond motifs is 1. The minimum absolute atomic E-state index is 0. The van der Waals surface area contributed by atoms with Crippen LogP contribution in [0.1, 0.15) is 5.56 Å². The van der Waals surface area contributed by atoms with Crippen LogP contribution in [0.25, 0.3) is 16.6 Å². The average Bonchev–Trinajstić information content (AvgIpc) is 2.57. The molecule has 0 aliphatic heterocycles. The van der Waals surface area contributed by atoms with Crippen molar-refractivity contribution in [1.82, 2.24) is 4.98 Å². The van der Waals surface area contributed by atoms with Crippen LogP contribution in [0, 0.1) is 6.07 Å². The molecule has 0 fully saturated rings. The van der Waals surface area contributed by atoms with E-state index in [0.717, 1.165) is 23.6 Å². The smallest absolute Gasteiger partial charge is 0.394 e. The normalized spacial score (nSPS) is 9.75. The number of nitrogens with one attached hydrogen (secondary N) is 1. The monoisotopic (exact) mass is 448 g/mol. The number of nitrogen functional groups attached to an aromatic ring is 1. The molecule has 7 N–H and O–H groups in total. The Kier molecular flexibility index (Phi) is 12.0. The van der Waals surface area contributed by atoms with Crippen LogP contribution in [0.2, 0.25) is 5.02 Å². The van der Waals surface area contributed by atoms with E-state index < -0.39 is 11.7 Å². The summed E-state index contributed by atoms with van der Waals surface area (Å²) in [5, 5.41) is 1.21. The Balaban J connectivity index is 0. The van der Waals surface area contributed by atoms with Crippen molar-refractivity contribution < 1.29 is 54.7 Å². The summed E-state index contributed by atoms with van der Waals surface area (Å²) < 4.78 is 40.9. The average molecular weight is 449 g/mol. The first-order valence-corrected chi connectivity index (χ1v) is 7.29. The van der Waals surface area contributed by atoms with Gasteiger partial charge in [-0.3, -0.25) is 4.98 Å². The van der Waals surface area contributed by atoms with Crippen molar-refractivity contribution in [2.75, 3.05) is 12.8 Å². The molecule has 6 nitrogen and oxygen atoms in total. The number of rotatable bonds is 1. The minimum Gasteiger partial charge on any atom is -0.696 e. The van der Waals surface area contributed by atoms with Crippen LogP contribution < -0.4 is 10.5 Å². The molecule has 1 radical (unpaired) electrons. The zero-order valence-electron chi connectivity index (χ0n) is 14.6. The van der Waals surface area contributed by atoms with Gasteiger partial charge in [0, 0.05) is 42.4 Å². The Morgan fingerprint density at radius 2 is 1.82 bits per heavy atom. The molecule has 11 heteroatoms. The Morgan fingerprint density at radius 3 is 2.32 bits per heavy atom. The van der Waals surface area contributed by atoms with Crippen LogP contribution >= 0.6 is 11.6 Å². The van der Waals surface area contributed by atoms with Crippen molar-refractivity contribution in [2.45, 2.75) is 6.18 Å². The van der Waals surface area contributed by atoms with E-state index in [1.807, 2.05) is 6.07 Å². The molecule has 151 valence electrons. The van der Waals surface area contributed by atoms with Gasteiger partial charge in [-0.2, -0.15) is 31.4 Å². The molecular weight excluding hydrogens is 432 g/mol. The van der Waals surface area contributed by atoms with Crippen molar-refractivity contribution in [1.29, 1.82) is 0 Å². The summed E-state index contributed by atoms with van der Waals surface area (Å²) in [5.41, 5.74) is 12.9. The number of hydrogen-bond acceptors (Lipinski definition) is 3. The third-order valence-electron chi connectivity index (χ3n) is 3.19. The fourth-order valence-electron chi connectivity index (χ4n) is 2.01. The van der Waals surface area contributed by atoms with Gasteiger partial charge in [0.2, 0.25) is 0 Å². The standard InChI is InChI=1S/C10H8ClN2O.C7H5F3N.2H2O.Sc/c1-14-8-4-5-13-10-6(8)2-3-7(11)9(10)12;8-7(9,10)5-2-1-3-6(11)4-5;;;/h2-5,12H,1H3;1-2,4H,11H2;2*1H2;/q2*-1;;;. The maximum absolute atomic E-state index is 11.9. The van der Waals surface area contributed by atoms with E-state index >= 15 is 0 Å². The van der Waals surface area contributed by atoms with Gasteiger partial charge in [0.15, 0.2) is 0 Å². The van der Waals surface area contributed by atoms with Gasteiger partial charge >= 0.3 is 6.18 Å². The van der Waals surface area contributed by atoms with Crippen molar-refractivity contribution in [3.05, 3.63) is 65.0 Å². The van der Waals surface area contributed by atoms with Crippen LogP contribution in [0.4, 0.5) is 24.5 Å². The summed E-state index contributed by atoms with van der Waals surface area (Å²) >= 11 is 5.81. The Bertz CT molecular complexity index is 898.